The topological polar surface area (TPSA) is 46.2 Å². The minimum atomic E-state index is -0.585. The van der Waals surface area contributed by atoms with E-state index in [2.05, 4.69) is 13.8 Å². The third-order valence-electron chi connectivity index (χ3n) is 4.85. The van der Waals surface area contributed by atoms with E-state index in [-0.39, 0.29) is 5.41 Å². The molecule has 3 N–H and O–H groups in total. The van der Waals surface area contributed by atoms with Crippen LogP contribution in [0.4, 0.5) is 0 Å². The minimum Gasteiger partial charge on any atom is -0.388 e. The summed E-state index contributed by atoms with van der Waals surface area (Å²) >= 11 is 12.0. The van der Waals surface area contributed by atoms with Crippen LogP contribution in [-0.2, 0) is 0 Å². The Morgan fingerprint density at radius 2 is 1.75 bits per heavy atom. The van der Waals surface area contributed by atoms with Crippen LogP contribution in [0.2, 0.25) is 10.0 Å². The summed E-state index contributed by atoms with van der Waals surface area (Å²) in [6, 6.07) is 5.33. The third-order valence-corrected chi connectivity index (χ3v) is 5.58. The Hall–Kier alpha value is -0.280. The second kappa shape index (κ2) is 5.84. The fourth-order valence-electron chi connectivity index (χ4n) is 3.05. The Bertz CT molecular complexity index is 477. The number of hydrogen-bond donors (Lipinski definition) is 2. The van der Waals surface area contributed by atoms with Crippen LogP contribution >= 0.6 is 23.2 Å². The summed E-state index contributed by atoms with van der Waals surface area (Å²) in [6.45, 7) is 5.04. The molecule has 1 aromatic carbocycles. The highest BCUT2D eigenvalue weighted by Crippen LogP contribution is 2.51. The molecular weight excluding hydrogens is 293 g/mol. The van der Waals surface area contributed by atoms with Gasteiger partial charge in [0.2, 0.25) is 0 Å². The van der Waals surface area contributed by atoms with Crippen molar-refractivity contribution in [3.63, 3.8) is 0 Å². The van der Waals surface area contributed by atoms with E-state index in [1.807, 2.05) is 6.07 Å². The largest absolute Gasteiger partial charge is 0.388 e. The molecule has 1 unspecified atom stereocenters. The maximum absolute atomic E-state index is 10.8. The zero-order valence-electron chi connectivity index (χ0n) is 12.1. The van der Waals surface area contributed by atoms with Gasteiger partial charge in [0.15, 0.2) is 0 Å². The molecule has 0 heterocycles. The van der Waals surface area contributed by atoms with Gasteiger partial charge in [0.1, 0.15) is 0 Å². The van der Waals surface area contributed by atoms with Gasteiger partial charge in [0.05, 0.1) is 16.1 Å². The molecule has 2 nitrogen and oxygen atoms in total. The van der Waals surface area contributed by atoms with Crippen molar-refractivity contribution in [2.24, 2.45) is 16.6 Å². The van der Waals surface area contributed by atoms with Crippen molar-refractivity contribution in [3.8, 4) is 0 Å². The highest BCUT2D eigenvalue weighted by molar-refractivity contribution is 6.42. The summed E-state index contributed by atoms with van der Waals surface area (Å²) in [6.07, 6.45) is 3.47. The van der Waals surface area contributed by atoms with Gasteiger partial charge in [-0.25, -0.2) is 0 Å². The smallest absolute Gasteiger partial charge is 0.0858 e. The van der Waals surface area contributed by atoms with Crippen molar-refractivity contribution in [2.75, 3.05) is 6.54 Å². The Morgan fingerprint density at radius 1 is 1.15 bits per heavy atom. The van der Waals surface area contributed by atoms with Gasteiger partial charge in [-0.3, -0.25) is 0 Å². The van der Waals surface area contributed by atoms with Gasteiger partial charge in [0, 0.05) is 12.0 Å². The van der Waals surface area contributed by atoms with Crippen molar-refractivity contribution >= 4 is 23.2 Å². The lowest BCUT2D eigenvalue weighted by molar-refractivity contribution is -0.0235. The summed E-state index contributed by atoms with van der Waals surface area (Å²) < 4.78 is 0. The van der Waals surface area contributed by atoms with E-state index in [0.717, 1.165) is 31.2 Å². The molecule has 112 valence electrons. The molecule has 1 aromatic rings. The molecule has 1 atom stereocenters. The summed E-state index contributed by atoms with van der Waals surface area (Å²) in [7, 11) is 0. The molecule has 0 aromatic heterocycles. The molecule has 0 radical (unpaired) electrons. The monoisotopic (exact) mass is 315 g/mol. The quantitative estimate of drug-likeness (QED) is 0.858. The molecular formula is C16H23Cl2NO. The average Bonchev–Trinajstić information content (AvgIpc) is 2.42. The van der Waals surface area contributed by atoms with Crippen LogP contribution in [0.3, 0.4) is 0 Å². The fourth-order valence-corrected chi connectivity index (χ4v) is 3.36. The molecule has 0 saturated heterocycles. The first-order valence-electron chi connectivity index (χ1n) is 7.13. The summed E-state index contributed by atoms with van der Waals surface area (Å²) in [4.78, 5) is 0. The van der Waals surface area contributed by atoms with Crippen molar-refractivity contribution in [3.05, 3.63) is 33.8 Å². The van der Waals surface area contributed by atoms with Gasteiger partial charge < -0.3 is 10.8 Å². The number of halogens is 2. The van der Waals surface area contributed by atoms with Crippen LogP contribution in [0.5, 0.6) is 0 Å². The van der Waals surface area contributed by atoms with Crippen molar-refractivity contribution in [2.45, 2.75) is 45.6 Å². The summed E-state index contributed by atoms with van der Waals surface area (Å²) in [5, 5.41) is 11.8. The van der Waals surface area contributed by atoms with Crippen molar-refractivity contribution in [1.29, 1.82) is 0 Å². The SMILES string of the molecule is CC1(C)CCC(CN)(C(O)c2ccc(Cl)c(Cl)c2)CC1. The lowest BCUT2D eigenvalue weighted by atomic mass is 9.62. The van der Waals surface area contributed by atoms with Gasteiger partial charge in [-0.05, 0) is 48.8 Å². The molecule has 20 heavy (non-hydrogen) atoms. The van der Waals surface area contributed by atoms with Gasteiger partial charge >= 0.3 is 0 Å². The normalized spacial score (nSPS) is 22.5. The first-order valence-corrected chi connectivity index (χ1v) is 7.88. The zero-order valence-corrected chi connectivity index (χ0v) is 13.6. The molecule has 1 aliphatic rings. The molecule has 4 heteroatoms. The maximum atomic E-state index is 10.8. The highest BCUT2D eigenvalue weighted by Gasteiger charge is 2.43. The Morgan fingerprint density at radius 3 is 2.25 bits per heavy atom. The molecule has 1 fully saturated rings. The van der Waals surface area contributed by atoms with Crippen LogP contribution in [0.1, 0.15) is 51.2 Å². The molecule has 0 spiro atoms. The minimum absolute atomic E-state index is 0.243. The van der Waals surface area contributed by atoms with E-state index in [4.69, 9.17) is 28.9 Å². The average molecular weight is 316 g/mol. The number of aliphatic hydroxyl groups is 1. The van der Waals surface area contributed by atoms with Gasteiger partial charge in [-0.2, -0.15) is 0 Å². The van der Waals surface area contributed by atoms with Crippen LogP contribution in [0.15, 0.2) is 18.2 Å². The van der Waals surface area contributed by atoms with Gasteiger partial charge in [-0.1, -0.05) is 43.1 Å². The number of rotatable bonds is 3. The first kappa shape index (κ1) is 16.1. The maximum Gasteiger partial charge on any atom is 0.0858 e. The van der Waals surface area contributed by atoms with Crippen LogP contribution < -0.4 is 5.73 Å². The van der Waals surface area contributed by atoms with Gasteiger partial charge in [0.25, 0.3) is 0 Å². The Kier molecular flexibility index (Phi) is 4.70. The second-order valence-corrected chi connectivity index (χ2v) is 7.62. The van der Waals surface area contributed by atoms with Crippen LogP contribution in [-0.4, -0.2) is 11.7 Å². The van der Waals surface area contributed by atoms with E-state index in [1.54, 1.807) is 12.1 Å². The zero-order chi connectivity index (χ0) is 15.0. The molecule has 2 rings (SSSR count). The molecule has 1 aliphatic carbocycles. The van der Waals surface area contributed by atoms with Gasteiger partial charge in [-0.15, -0.1) is 0 Å². The number of nitrogens with two attached hydrogens (primary N) is 1. The standard InChI is InChI=1S/C16H23Cl2NO/c1-15(2)5-7-16(10-19,8-6-15)14(20)11-3-4-12(17)13(18)9-11/h3-4,9,14,20H,5-8,10,19H2,1-2H3. The molecule has 0 bridgehead atoms. The summed E-state index contributed by atoms with van der Waals surface area (Å²) in [5.74, 6) is 0. The van der Waals surface area contributed by atoms with Crippen LogP contribution in [0.25, 0.3) is 0 Å². The highest BCUT2D eigenvalue weighted by atomic mass is 35.5. The van der Waals surface area contributed by atoms with E-state index in [9.17, 15) is 5.11 Å². The van der Waals surface area contributed by atoms with E-state index >= 15 is 0 Å². The van der Waals surface area contributed by atoms with Crippen LogP contribution in [0, 0.1) is 10.8 Å². The molecule has 1 saturated carbocycles. The van der Waals surface area contributed by atoms with Crippen molar-refractivity contribution in [1.82, 2.24) is 0 Å². The molecule has 0 amide bonds. The summed E-state index contributed by atoms with van der Waals surface area (Å²) in [5.41, 5.74) is 6.92. The Balaban J connectivity index is 2.25. The molecule has 0 aliphatic heterocycles. The predicted octanol–water partition coefficient (Wildman–Crippen LogP) is 4.57. The Labute approximate surface area is 131 Å². The predicted molar refractivity (Wildman–Crippen MR) is 85.2 cm³/mol. The number of hydrogen-bond acceptors (Lipinski definition) is 2. The van der Waals surface area contributed by atoms with E-state index in [1.165, 1.54) is 0 Å². The van der Waals surface area contributed by atoms with E-state index in [0.29, 0.717) is 22.0 Å². The fraction of sp³-hybridized carbons (Fsp3) is 0.625. The second-order valence-electron chi connectivity index (χ2n) is 6.81. The van der Waals surface area contributed by atoms with Crippen molar-refractivity contribution < 1.29 is 5.11 Å². The third kappa shape index (κ3) is 3.14. The first-order chi connectivity index (χ1) is 9.30. The number of benzene rings is 1. The van der Waals surface area contributed by atoms with E-state index < -0.39 is 6.10 Å². The number of aliphatic hydroxyl groups excluding tert-OH is 1. The lowest BCUT2D eigenvalue weighted by Gasteiger charge is -2.45. The lowest BCUT2D eigenvalue weighted by Crippen LogP contribution is -2.41.